The zero-order valence-corrected chi connectivity index (χ0v) is 15.6. The number of hydrogen-bond acceptors (Lipinski definition) is 8. The largest absolute Gasteiger partial charge is 0.335 e. The molecule has 1 amide bonds. The molecule has 0 spiro atoms. The molecule has 0 fully saturated rings. The van der Waals surface area contributed by atoms with E-state index in [0.29, 0.717) is 28.4 Å². The summed E-state index contributed by atoms with van der Waals surface area (Å²) < 4.78 is 1.50. The molecule has 0 bridgehead atoms. The van der Waals surface area contributed by atoms with Crippen LogP contribution in [-0.4, -0.2) is 32.3 Å². The first-order chi connectivity index (χ1) is 11.6. The van der Waals surface area contributed by atoms with Gasteiger partial charge in [0.05, 0.1) is 10.6 Å². The summed E-state index contributed by atoms with van der Waals surface area (Å²) in [4.78, 5) is 18.7. The lowest BCUT2D eigenvalue weighted by Gasteiger charge is -2.14. The van der Waals surface area contributed by atoms with E-state index in [-0.39, 0.29) is 5.91 Å². The number of hydrogen-bond donors (Lipinski definition) is 1. The maximum absolute atomic E-state index is 11.6. The minimum absolute atomic E-state index is 0.00616. The SMILES string of the molecule is CCN(C(C)=O)c1nc(CSc2nnc(-c3cccs3)n2N)cs1. The molecule has 0 aliphatic carbocycles. The van der Waals surface area contributed by atoms with Crippen LogP contribution >= 0.6 is 34.4 Å². The molecule has 0 aliphatic heterocycles. The van der Waals surface area contributed by atoms with Gasteiger partial charge in [-0.1, -0.05) is 17.8 Å². The molecule has 0 saturated carbocycles. The van der Waals surface area contributed by atoms with Crippen molar-refractivity contribution in [2.45, 2.75) is 24.8 Å². The first kappa shape index (κ1) is 16.9. The molecule has 2 N–H and O–H groups in total. The Morgan fingerprint density at radius 2 is 2.25 bits per heavy atom. The lowest BCUT2D eigenvalue weighted by molar-refractivity contribution is -0.116. The quantitative estimate of drug-likeness (QED) is 0.522. The molecule has 3 rings (SSSR count). The molecular weight excluding hydrogens is 364 g/mol. The number of nitrogen functional groups attached to an aromatic ring is 1. The molecule has 3 aromatic heterocycles. The van der Waals surface area contributed by atoms with Gasteiger partial charge < -0.3 is 5.84 Å². The third-order valence-corrected chi connectivity index (χ3v) is 5.98. The molecular formula is C14H16N6OS3. The van der Waals surface area contributed by atoms with E-state index in [1.54, 1.807) is 23.2 Å². The summed E-state index contributed by atoms with van der Waals surface area (Å²) in [5.74, 6) is 7.34. The fraction of sp³-hybridized carbons (Fsp3) is 0.286. The number of thioether (sulfide) groups is 1. The van der Waals surface area contributed by atoms with Crippen LogP contribution in [0.5, 0.6) is 0 Å². The van der Waals surface area contributed by atoms with Crippen LogP contribution in [0.25, 0.3) is 10.7 Å². The van der Waals surface area contributed by atoms with Crippen molar-refractivity contribution in [3.63, 3.8) is 0 Å². The first-order valence-electron chi connectivity index (χ1n) is 7.19. The van der Waals surface area contributed by atoms with Gasteiger partial charge in [-0.25, -0.2) is 9.66 Å². The number of carbonyl (C=O) groups is 1. The van der Waals surface area contributed by atoms with E-state index < -0.39 is 0 Å². The highest BCUT2D eigenvalue weighted by Gasteiger charge is 2.16. The average molecular weight is 381 g/mol. The predicted octanol–water partition coefficient (Wildman–Crippen LogP) is 2.84. The second kappa shape index (κ2) is 7.32. The van der Waals surface area contributed by atoms with Crippen molar-refractivity contribution < 1.29 is 4.79 Å². The Bertz CT molecular complexity index is 826. The number of nitrogens with two attached hydrogens (primary N) is 1. The van der Waals surface area contributed by atoms with E-state index in [1.807, 2.05) is 29.8 Å². The number of anilines is 1. The molecule has 0 aliphatic rings. The Morgan fingerprint density at radius 3 is 2.92 bits per heavy atom. The van der Waals surface area contributed by atoms with Crippen LogP contribution in [0.15, 0.2) is 28.0 Å². The van der Waals surface area contributed by atoms with Crippen LogP contribution < -0.4 is 10.7 Å². The normalized spacial score (nSPS) is 10.9. The van der Waals surface area contributed by atoms with E-state index in [0.717, 1.165) is 10.6 Å². The van der Waals surface area contributed by atoms with Crippen molar-refractivity contribution >= 4 is 45.5 Å². The Kier molecular flexibility index (Phi) is 5.17. The number of rotatable bonds is 6. The second-order valence-corrected chi connectivity index (χ2v) is 7.55. The summed E-state index contributed by atoms with van der Waals surface area (Å²) >= 11 is 4.50. The molecule has 7 nitrogen and oxygen atoms in total. The maximum Gasteiger partial charge on any atom is 0.225 e. The summed E-state index contributed by atoms with van der Waals surface area (Å²) in [5.41, 5.74) is 0.889. The van der Waals surface area contributed by atoms with Crippen LogP contribution in [-0.2, 0) is 10.5 Å². The number of aromatic nitrogens is 4. The van der Waals surface area contributed by atoms with Crippen molar-refractivity contribution in [3.8, 4) is 10.7 Å². The highest BCUT2D eigenvalue weighted by Crippen LogP contribution is 2.28. The van der Waals surface area contributed by atoms with Crippen molar-refractivity contribution in [2.24, 2.45) is 0 Å². The molecule has 0 unspecified atom stereocenters. The number of carbonyl (C=O) groups excluding carboxylic acids is 1. The second-order valence-electron chi connectivity index (χ2n) is 4.83. The fourth-order valence-electron chi connectivity index (χ4n) is 2.07. The monoisotopic (exact) mass is 380 g/mol. The Morgan fingerprint density at radius 1 is 1.42 bits per heavy atom. The summed E-state index contributed by atoms with van der Waals surface area (Å²) in [5, 5.41) is 13.6. The molecule has 0 saturated heterocycles. The number of thiazole rings is 1. The Hall–Kier alpha value is -1.91. The Labute approximate surface area is 151 Å². The van der Waals surface area contributed by atoms with E-state index in [4.69, 9.17) is 5.84 Å². The van der Waals surface area contributed by atoms with E-state index in [2.05, 4.69) is 15.2 Å². The van der Waals surface area contributed by atoms with Gasteiger partial charge >= 0.3 is 0 Å². The molecule has 3 aromatic rings. The van der Waals surface area contributed by atoms with Gasteiger partial charge in [0.2, 0.25) is 11.1 Å². The van der Waals surface area contributed by atoms with Crippen molar-refractivity contribution in [2.75, 3.05) is 17.3 Å². The zero-order valence-electron chi connectivity index (χ0n) is 13.2. The molecule has 10 heteroatoms. The molecule has 0 atom stereocenters. The van der Waals surface area contributed by atoms with Gasteiger partial charge in [0.25, 0.3) is 0 Å². The van der Waals surface area contributed by atoms with E-state index in [9.17, 15) is 4.79 Å². The Balaban J connectivity index is 1.69. The van der Waals surface area contributed by atoms with Crippen LogP contribution in [0, 0.1) is 0 Å². The summed E-state index contributed by atoms with van der Waals surface area (Å²) in [6, 6.07) is 3.91. The van der Waals surface area contributed by atoms with Gasteiger partial charge in [0.1, 0.15) is 0 Å². The highest BCUT2D eigenvalue weighted by atomic mass is 32.2. The topological polar surface area (TPSA) is 89.9 Å². The average Bonchev–Trinajstić information content (AvgIpc) is 3.27. The van der Waals surface area contributed by atoms with Gasteiger partial charge in [-0.05, 0) is 18.4 Å². The van der Waals surface area contributed by atoms with E-state index >= 15 is 0 Å². The lowest BCUT2D eigenvalue weighted by Crippen LogP contribution is -2.27. The minimum Gasteiger partial charge on any atom is -0.335 e. The summed E-state index contributed by atoms with van der Waals surface area (Å²) in [6.07, 6.45) is 0. The highest BCUT2D eigenvalue weighted by molar-refractivity contribution is 7.98. The smallest absolute Gasteiger partial charge is 0.225 e. The van der Waals surface area contributed by atoms with E-state index in [1.165, 1.54) is 27.8 Å². The van der Waals surface area contributed by atoms with Crippen LogP contribution in [0.2, 0.25) is 0 Å². The predicted molar refractivity (Wildman–Crippen MR) is 98.9 cm³/mol. The van der Waals surface area contributed by atoms with Gasteiger partial charge in [0.15, 0.2) is 11.0 Å². The maximum atomic E-state index is 11.6. The number of nitrogens with zero attached hydrogens (tertiary/aromatic N) is 5. The third kappa shape index (κ3) is 3.45. The van der Waals surface area contributed by atoms with Gasteiger partial charge in [-0.3, -0.25) is 9.69 Å². The standard InChI is InChI=1S/C14H16N6OS3/c1-3-19(9(2)21)13-16-10(7-23-13)8-24-14-18-17-12(20(14)15)11-5-4-6-22-11/h4-7H,3,8,15H2,1-2H3. The molecule has 24 heavy (non-hydrogen) atoms. The van der Waals surface area contributed by atoms with Crippen LogP contribution in [0.3, 0.4) is 0 Å². The van der Waals surface area contributed by atoms with Crippen LogP contribution in [0.1, 0.15) is 19.5 Å². The fourth-order valence-corrected chi connectivity index (χ4v) is 4.56. The van der Waals surface area contributed by atoms with Crippen LogP contribution in [0.4, 0.5) is 5.13 Å². The molecule has 0 aromatic carbocycles. The number of thiophene rings is 1. The number of amides is 1. The van der Waals surface area contributed by atoms with Crippen molar-refractivity contribution in [1.29, 1.82) is 0 Å². The molecule has 0 radical (unpaired) electrons. The van der Waals surface area contributed by atoms with Gasteiger partial charge in [-0.15, -0.1) is 32.9 Å². The molecule has 126 valence electrons. The van der Waals surface area contributed by atoms with Crippen molar-refractivity contribution in [3.05, 3.63) is 28.6 Å². The van der Waals surface area contributed by atoms with Crippen molar-refractivity contribution in [1.82, 2.24) is 19.9 Å². The van der Waals surface area contributed by atoms with Gasteiger partial charge in [-0.2, -0.15) is 0 Å². The third-order valence-electron chi connectivity index (χ3n) is 3.22. The lowest BCUT2D eigenvalue weighted by atomic mass is 10.4. The first-order valence-corrected chi connectivity index (χ1v) is 9.94. The molecule has 3 heterocycles. The minimum atomic E-state index is -0.00616. The summed E-state index contributed by atoms with van der Waals surface area (Å²) in [6.45, 7) is 4.08. The zero-order chi connectivity index (χ0) is 17.1. The van der Waals surface area contributed by atoms with Gasteiger partial charge in [0, 0.05) is 24.6 Å². The summed E-state index contributed by atoms with van der Waals surface area (Å²) in [7, 11) is 0.